The molecule has 0 fully saturated rings. The summed E-state index contributed by atoms with van der Waals surface area (Å²) in [4.78, 5) is 30.2. The molecule has 1 amide bonds. The Balaban J connectivity index is 1.80. The Morgan fingerprint density at radius 1 is 1.34 bits per heavy atom. The molecule has 4 rings (SSSR count). The average molecular weight is 397 g/mol. The highest BCUT2D eigenvalue weighted by molar-refractivity contribution is 5.95. The largest absolute Gasteiger partial charge is 0.480 e. The molecule has 0 saturated heterocycles. The van der Waals surface area contributed by atoms with E-state index in [9.17, 15) is 14.7 Å². The van der Waals surface area contributed by atoms with E-state index in [0.29, 0.717) is 18.8 Å². The van der Waals surface area contributed by atoms with Crippen LogP contribution in [-0.4, -0.2) is 49.7 Å². The fourth-order valence-electron chi connectivity index (χ4n) is 4.00. The second-order valence-corrected chi connectivity index (χ2v) is 7.19. The number of imidazole rings is 1. The SMILES string of the molecule is COC(=O)N1c2ccc3c(nc(CCn4cccn4)n3CC(=O)O)c2CC[C@@H]1C. The van der Waals surface area contributed by atoms with Gasteiger partial charge in [0.05, 0.1) is 23.8 Å². The van der Waals surface area contributed by atoms with Gasteiger partial charge in [0, 0.05) is 37.0 Å². The smallest absolute Gasteiger partial charge is 0.414 e. The van der Waals surface area contributed by atoms with Gasteiger partial charge in [-0.25, -0.2) is 9.78 Å². The summed E-state index contributed by atoms with van der Waals surface area (Å²) < 4.78 is 8.49. The number of carboxylic acid groups (broad SMARTS) is 1. The molecule has 0 aliphatic carbocycles. The molecular weight excluding hydrogens is 374 g/mol. The zero-order valence-corrected chi connectivity index (χ0v) is 16.4. The van der Waals surface area contributed by atoms with Crippen LogP contribution in [0.3, 0.4) is 0 Å². The molecule has 0 spiro atoms. The molecule has 2 aromatic heterocycles. The second kappa shape index (κ2) is 7.57. The molecule has 0 radical (unpaired) electrons. The number of aromatic nitrogens is 4. The van der Waals surface area contributed by atoms with E-state index >= 15 is 0 Å². The van der Waals surface area contributed by atoms with Crippen molar-refractivity contribution in [3.05, 3.63) is 42.0 Å². The van der Waals surface area contributed by atoms with Crippen LogP contribution in [0.4, 0.5) is 10.5 Å². The second-order valence-electron chi connectivity index (χ2n) is 7.19. The Morgan fingerprint density at radius 3 is 2.86 bits per heavy atom. The highest BCUT2D eigenvalue weighted by Gasteiger charge is 2.31. The van der Waals surface area contributed by atoms with E-state index in [2.05, 4.69) is 5.10 Å². The number of benzene rings is 1. The van der Waals surface area contributed by atoms with Crippen LogP contribution in [0.15, 0.2) is 30.6 Å². The fourth-order valence-corrected chi connectivity index (χ4v) is 4.00. The molecule has 0 unspecified atom stereocenters. The Kier molecular flexibility index (Phi) is 4.96. The molecule has 1 aliphatic heterocycles. The van der Waals surface area contributed by atoms with E-state index in [4.69, 9.17) is 9.72 Å². The molecule has 29 heavy (non-hydrogen) atoms. The third-order valence-electron chi connectivity index (χ3n) is 5.38. The zero-order chi connectivity index (χ0) is 20.5. The minimum atomic E-state index is -0.924. The summed E-state index contributed by atoms with van der Waals surface area (Å²) in [5.74, 6) is -0.235. The predicted molar refractivity (Wildman–Crippen MR) is 106 cm³/mol. The van der Waals surface area contributed by atoms with E-state index in [-0.39, 0.29) is 12.6 Å². The summed E-state index contributed by atoms with van der Waals surface area (Å²) in [7, 11) is 1.37. The van der Waals surface area contributed by atoms with E-state index in [1.165, 1.54) is 7.11 Å². The molecule has 1 aliphatic rings. The minimum absolute atomic E-state index is 0.0211. The Hall–Kier alpha value is -3.36. The van der Waals surface area contributed by atoms with Crippen LogP contribution in [-0.2, 0) is 35.5 Å². The first-order valence-corrected chi connectivity index (χ1v) is 9.57. The first-order chi connectivity index (χ1) is 14.0. The van der Waals surface area contributed by atoms with Crippen molar-refractivity contribution in [2.24, 2.45) is 0 Å². The fraction of sp³-hybridized carbons (Fsp3) is 0.400. The first kappa shape index (κ1) is 19.0. The van der Waals surface area contributed by atoms with Crippen molar-refractivity contribution in [1.29, 1.82) is 0 Å². The Morgan fingerprint density at radius 2 is 2.17 bits per heavy atom. The number of aryl methyl sites for hydroxylation is 3. The van der Waals surface area contributed by atoms with Gasteiger partial charge in [-0.3, -0.25) is 14.4 Å². The Bertz CT molecular complexity index is 1060. The molecule has 0 bridgehead atoms. The number of aliphatic carboxylic acids is 1. The van der Waals surface area contributed by atoms with Crippen LogP contribution < -0.4 is 4.90 Å². The quantitative estimate of drug-likeness (QED) is 0.710. The number of anilines is 1. The summed E-state index contributed by atoms with van der Waals surface area (Å²) in [5.41, 5.74) is 3.25. The van der Waals surface area contributed by atoms with Gasteiger partial charge in [-0.15, -0.1) is 0 Å². The van der Waals surface area contributed by atoms with Crippen molar-refractivity contribution in [3.63, 3.8) is 0 Å². The molecule has 1 N–H and O–H groups in total. The van der Waals surface area contributed by atoms with Crippen molar-refractivity contribution in [1.82, 2.24) is 19.3 Å². The number of carbonyl (C=O) groups excluding carboxylic acids is 1. The van der Waals surface area contributed by atoms with Gasteiger partial charge < -0.3 is 14.4 Å². The summed E-state index contributed by atoms with van der Waals surface area (Å²) in [6.07, 6.45) is 5.28. The van der Waals surface area contributed by atoms with Crippen LogP contribution in [0.25, 0.3) is 11.0 Å². The zero-order valence-electron chi connectivity index (χ0n) is 16.4. The molecule has 152 valence electrons. The monoisotopic (exact) mass is 397 g/mol. The number of hydrogen-bond acceptors (Lipinski definition) is 5. The lowest BCUT2D eigenvalue weighted by Gasteiger charge is -2.34. The molecule has 0 saturated carbocycles. The van der Waals surface area contributed by atoms with Crippen molar-refractivity contribution in [2.75, 3.05) is 12.0 Å². The maximum absolute atomic E-state index is 12.3. The van der Waals surface area contributed by atoms with Crippen molar-refractivity contribution in [2.45, 2.75) is 45.3 Å². The number of amides is 1. The van der Waals surface area contributed by atoms with Crippen LogP contribution in [0, 0.1) is 0 Å². The number of nitrogens with zero attached hydrogens (tertiary/aromatic N) is 5. The van der Waals surface area contributed by atoms with Crippen molar-refractivity contribution in [3.8, 4) is 0 Å². The predicted octanol–water partition coefficient (Wildman–Crippen LogP) is 2.47. The van der Waals surface area contributed by atoms with E-state index in [1.807, 2.05) is 31.3 Å². The molecule has 1 aromatic carbocycles. The number of carbonyl (C=O) groups is 2. The van der Waals surface area contributed by atoms with Crippen LogP contribution in [0.5, 0.6) is 0 Å². The van der Waals surface area contributed by atoms with Crippen LogP contribution >= 0.6 is 0 Å². The van der Waals surface area contributed by atoms with Gasteiger partial charge >= 0.3 is 12.1 Å². The number of fused-ring (bicyclic) bond motifs is 3. The molecule has 3 heterocycles. The van der Waals surface area contributed by atoms with Gasteiger partial charge in [0.15, 0.2) is 0 Å². The molecule has 3 aromatic rings. The standard InChI is InChI=1S/C20H23N5O4/c1-13-4-5-14-15(25(13)20(28)29-2)6-7-16-19(14)22-17(24(16)12-18(26)27)8-11-23-10-3-9-21-23/h3,6-7,9-10,13H,4-5,8,11-12H2,1-2H3,(H,26,27)/t13-/m0/s1. The van der Waals surface area contributed by atoms with Gasteiger partial charge in [0.2, 0.25) is 0 Å². The molecule has 9 heteroatoms. The van der Waals surface area contributed by atoms with E-state index in [1.54, 1.807) is 20.3 Å². The number of ether oxygens (including phenoxy) is 1. The third kappa shape index (κ3) is 3.43. The molecule has 9 nitrogen and oxygen atoms in total. The number of methoxy groups -OCH3 is 1. The van der Waals surface area contributed by atoms with E-state index in [0.717, 1.165) is 35.1 Å². The lowest BCUT2D eigenvalue weighted by Crippen LogP contribution is -2.42. The van der Waals surface area contributed by atoms with Gasteiger partial charge in [0.25, 0.3) is 0 Å². The normalized spacial score (nSPS) is 16.1. The van der Waals surface area contributed by atoms with Crippen LogP contribution in [0.1, 0.15) is 24.7 Å². The summed E-state index contributed by atoms with van der Waals surface area (Å²) >= 11 is 0. The summed E-state index contributed by atoms with van der Waals surface area (Å²) in [5, 5.41) is 13.6. The maximum atomic E-state index is 12.3. The number of hydrogen-bond donors (Lipinski definition) is 1. The lowest BCUT2D eigenvalue weighted by atomic mass is 9.96. The summed E-state index contributed by atoms with van der Waals surface area (Å²) in [6.45, 7) is 2.42. The highest BCUT2D eigenvalue weighted by atomic mass is 16.5. The average Bonchev–Trinajstić information content (AvgIpc) is 3.33. The molecule has 1 atom stereocenters. The highest BCUT2D eigenvalue weighted by Crippen LogP contribution is 2.36. The third-order valence-corrected chi connectivity index (χ3v) is 5.38. The maximum Gasteiger partial charge on any atom is 0.414 e. The van der Waals surface area contributed by atoms with Crippen molar-refractivity contribution < 1.29 is 19.4 Å². The van der Waals surface area contributed by atoms with Gasteiger partial charge in [0.1, 0.15) is 12.4 Å². The topological polar surface area (TPSA) is 102 Å². The van der Waals surface area contributed by atoms with Crippen LogP contribution in [0.2, 0.25) is 0 Å². The first-order valence-electron chi connectivity index (χ1n) is 9.57. The van der Waals surface area contributed by atoms with Gasteiger partial charge in [-0.05, 0) is 38.0 Å². The summed E-state index contributed by atoms with van der Waals surface area (Å²) in [6, 6.07) is 5.57. The molecular formula is C20H23N5O4. The Labute approximate surface area is 167 Å². The lowest BCUT2D eigenvalue weighted by molar-refractivity contribution is -0.137. The van der Waals surface area contributed by atoms with E-state index < -0.39 is 12.1 Å². The minimum Gasteiger partial charge on any atom is -0.480 e. The van der Waals surface area contributed by atoms with Crippen molar-refractivity contribution >= 4 is 28.8 Å². The van der Waals surface area contributed by atoms with Gasteiger partial charge in [-0.1, -0.05) is 0 Å². The van der Waals surface area contributed by atoms with Gasteiger partial charge in [-0.2, -0.15) is 5.10 Å². The number of carboxylic acids is 1. The number of rotatable bonds is 5.